The number of rotatable bonds is 3. The first-order chi connectivity index (χ1) is 9.10. The van der Waals surface area contributed by atoms with Crippen molar-refractivity contribution in [1.29, 1.82) is 5.26 Å². The molecule has 0 aliphatic carbocycles. The van der Waals surface area contributed by atoms with E-state index in [0.29, 0.717) is 0 Å². The Kier molecular flexibility index (Phi) is 3.25. The zero-order chi connectivity index (χ0) is 14.0. The second-order valence-corrected chi connectivity index (χ2v) is 3.70. The van der Waals surface area contributed by atoms with E-state index in [4.69, 9.17) is 10.00 Å². The van der Waals surface area contributed by atoms with Gasteiger partial charge in [0.2, 0.25) is 0 Å². The Morgan fingerprint density at radius 3 is 2.79 bits per heavy atom. The minimum Gasteiger partial charge on any atom is -0.461 e. The van der Waals surface area contributed by atoms with Gasteiger partial charge >= 0.3 is 5.97 Å². The molecule has 7 heteroatoms. The minimum absolute atomic E-state index is 0.0131. The van der Waals surface area contributed by atoms with E-state index in [1.165, 1.54) is 19.3 Å². The fourth-order valence-electron chi connectivity index (χ4n) is 1.66. The Labute approximate surface area is 108 Å². The lowest BCUT2D eigenvalue weighted by molar-refractivity contribution is 0.0512. The lowest BCUT2D eigenvalue weighted by Gasteiger charge is -2.07. The average Bonchev–Trinajstić information content (AvgIpc) is 2.80. The number of esters is 1. The molecule has 19 heavy (non-hydrogen) atoms. The largest absolute Gasteiger partial charge is 0.461 e. The van der Waals surface area contributed by atoms with Crippen molar-refractivity contribution in [3.63, 3.8) is 0 Å². The average molecular weight is 258 g/mol. The van der Waals surface area contributed by atoms with Crippen molar-refractivity contribution in [3.8, 4) is 6.07 Å². The first kappa shape index (κ1) is 12.7. The fourth-order valence-corrected chi connectivity index (χ4v) is 1.66. The van der Waals surface area contributed by atoms with Gasteiger partial charge < -0.3 is 4.74 Å². The van der Waals surface area contributed by atoms with Crippen LogP contribution in [0.1, 0.15) is 40.3 Å². The van der Waals surface area contributed by atoms with Crippen LogP contribution < -0.4 is 0 Å². The van der Waals surface area contributed by atoms with Gasteiger partial charge in [-0.05, 0) is 13.8 Å². The van der Waals surface area contributed by atoms with Crippen LogP contribution in [0.15, 0.2) is 12.4 Å². The number of nitrogens with zero attached hydrogens (tertiary/aromatic N) is 4. The molecular formula is C12H10N4O3. The summed E-state index contributed by atoms with van der Waals surface area (Å²) in [6, 6.07) is 1.91. The molecule has 0 unspecified atom stereocenters. The number of hydrogen-bond acceptors (Lipinski definition) is 6. The highest BCUT2D eigenvalue weighted by Crippen LogP contribution is 2.15. The van der Waals surface area contributed by atoms with Crippen molar-refractivity contribution in [2.24, 2.45) is 0 Å². The molecule has 0 atom stereocenters. The normalized spacial score (nSPS) is 10.2. The second-order valence-electron chi connectivity index (χ2n) is 3.70. The van der Waals surface area contributed by atoms with Gasteiger partial charge in [0.25, 0.3) is 0 Å². The summed E-state index contributed by atoms with van der Waals surface area (Å²) >= 11 is 0. The highest BCUT2D eigenvalue weighted by molar-refractivity contribution is 6.04. The minimum atomic E-state index is -0.673. The topological polar surface area (TPSA) is 97.4 Å². The van der Waals surface area contributed by atoms with E-state index in [1.54, 1.807) is 6.92 Å². The fraction of sp³-hybridized carbons (Fsp3) is 0.250. The third-order valence-corrected chi connectivity index (χ3v) is 2.50. The predicted molar refractivity (Wildman–Crippen MR) is 63.7 cm³/mol. The number of ketones is 1. The molecule has 0 amide bonds. The van der Waals surface area contributed by atoms with Gasteiger partial charge in [0.05, 0.1) is 18.4 Å². The molecule has 0 saturated heterocycles. The quantitative estimate of drug-likeness (QED) is 0.601. The molecule has 2 aromatic heterocycles. The van der Waals surface area contributed by atoms with Gasteiger partial charge in [-0.1, -0.05) is 0 Å². The molecule has 0 radical (unpaired) electrons. The van der Waals surface area contributed by atoms with E-state index in [-0.39, 0.29) is 34.9 Å². The molecular weight excluding hydrogens is 248 g/mol. The Hall–Kier alpha value is -2.75. The summed E-state index contributed by atoms with van der Waals surface area (Å²) in [5.74, 6) is -1.00. The molecule has 0 saturated carbocycles. The number of nitriles is 1. The molecule has 0 aliphatic rings. The Morgan fingerprint density at radius 2 is 2.21 bits per heavy atom. The van der Waals surface area contributed by atoms with Crippen LogP contribution in [0.5, 0.6) is 0 Å². The van der Waals surface area contributed by atoms with Crippen molar-refractivity contribution >= 4 is 17.4 Å². The third kappa shape index (κ3) is 2.04. The Bertz CT molecular complexity index is 712. The molecule has 2 aromatic rings. The van der Waals surface area contributed by atoms with E-state index >= 15 is 0 Å². The SMILES string of the molecule is CCOC(=O)c1c(C(C)=O)cnc2c(C#N)cnn12. The second kappa shape index (κ2) is 4.86. The van der Waals surface area contributed by atoms with Crippen molar-refractivity contribution in [2.45, 2.75) is 13.8 Å². The third-order valence-electron chi connectivity index (χ3n) is 2.50. The van der Waals surface area contributed by atoms with E-state index in [2.05, 4.69) is 10.1 Å². The van der Waals surface area contributed by atoms with Crippen LogP contribution in [0.3, 0.4) is 0 Å². The summed E-state index contributed by atoms with van der Waals surface area (Å²) < 4.78 is 6.07. The highest BCUT2D eigenvalue weighted by atomic mass is 16.5. The van der Waals surface area contributed by atoms with Gasteiger partial charge in [0.1, 0.15) is 11.6 Å². The van der Waals surface area contributed by atoms with Crippen molar-refractivity contribution in [3.05, 3.63) is 29.2 Å². The summed E-state index contributed by atoms with van der Waals surface area (Å²) in [6.45, 7) is 3.15. The van der Waals surface area contributed by atoms with Crippen molar-refractivity contribution < 1.29 is 14.3 Å². The summed E-state index contributed by atoms with van der Waals surface area (Å²) in [7, 11) is 0. The Morgan fingerprint density at radius 1 is 1.47 bits per heavy atom. The number of ether oxygens (including phenoxy) is 1. The molecule has 0 N–H and O–H groups in total. The molecule has 7 nitrogen and oxygen atoms in total. The summed E-state index contributed by atoms with van der Waals surface area (Å²) in [5.41, 5.74) is 0.538. The lowest BCUT2D eigenvalue weighted by Crippen LogP contribution is -2.17. The van der Waals surface area contributed by atoms with Gasteiger partial charge in [0.15, 0.2) is 17.1 Å². The van der Waals surface area contributed by atoms with Crippen LogP contribution in [-0.2, 0) is 4.74 Å². The summed E-state index contributed by atoms with van der Waals surface area (Å²) in [4.78, 5) is 27.5. The maximum absolute atomic E-state index is 11.9. The Balaban J connectivity index is 2.77. The lowest BCUT2D eigenvalue weighted by atomic mass is 10.1. The van der Waals surface area contributed by atoms with Gasteiger partial charge in [-0.15, -0.1) is 0 Å². The number of carbonyl (C=O) groups is 2. The van der Waals surface area contributed by atoms with Crippen LogP contribution >= 0.6 is 0 Å². The first-order valence-electron chi connectivity index (χ1n) is 5.55. The van der Waals surface area contributed by atoms with Crippen LogP contribution in [-0.4, -0.2) is 33.0 Å². The number of fused-ring (bicyclic) bond motifs is 1. The molecule has 96 valence electrons. The molecule has 0 spiro atoms. The smallest absolute Gasteiger partial charge is 0.357 e. The molecule has 0 aliphatic heterocycles. The van der Waals surface area contributed by atoms with E-state index in [0.717, 1.165) is 4.52 Å². The molecule has 0 bridgehead atoms. The van der Waals surface area contributed by atoms with Crippen LogP contribution in [0, 0.1) is 11.3 Å². The zero-order valence-electron chi connectivity index (χ0n) is 10.4. The molecule has 2 rings (SSSR count). The van der Waals surface area contributed by atoms with Gasteiger partial charge in [-0.2, -0.15) is 10.4 Å². The van der Waals surface area contributed by atoms with Crippen molar-refractivity contribution in [1.82, 2.24) is 14.6 Å². The van der Waals surface area contributed by atoms with Gasteiger partial charge in [-0.3, -0.25) is 4.79 Å². The van der Waals surface area contributed by atoms with Crippen LogP contribution in [0.25, 0.3) is 5.65 Å². The van der Waals surface area contributed by atoms with Crippen LogP contribution in [0.2, 0.25) is 0 Å². The summed E-state index contributed by atoms with van der Waals surface area (Å²) in [5, 5.41) is 12.8. The van der Waals surface area contributed by atoms with E-state index < -0.39 is 5.97 Å². The maximum atomic E-state index is 11.9. The number of carbonyl (C=O) groups excluding carboxylic acids is 2. The first-order valence-corrected chi connectivity index (χ1v) is 5.55. The number of aromatic nitrogens is 3. The van der Waals surface area contributed by atoms with E-state index in [1.807, 2.05) is 6.07 Å². The molecule has 0 aromatic carbocycles. The zero-order valence-corrected chi connectivity index (χ0v) is 10.4. The van der Waals surface area contributed by atoms with Crippen molar-refractivity contribution in [2.75, 3.05) is 6.61 Å². The summed E-state index contributed by atoms with van der Waals surface area (Å²) in [6.07, 6.45) is 2.54. The van der Waals surface area contributed by atoms with Gasteiger partial charge in [0, 0.05) is 6.20 Å². The highest BCUT2D eigenvalue weighted by Gasteiger charge is 2.22. The maximum Gasteiger partial charge on any atom is 0.357 e. The van der Waals surface area contributed by atoms with E-state index in [9.17, 15) is 9.59 Å². The molecule has 0 fully saturated rings. The van der Waals surface area contributed by atoms with Gasteiger partial charge in [-0.25, -0.2) is 14.3 Å². The number of hydrogen-bond donors (Lipinski definition) is 0. The number of Topliss-reactive ketones (excluding diaryl/α,β-unsaturated/α-hetero) is 1. The standard InChI is InChI=1S/C12H10N4O3/c1-3-19-12(18)10-9(7(2)17)6-14-11-8(4-13)5-15-16(10)11/h5-6H,3H2,1-2H3. The van der Waals surface area contributed by atoms with Crippen LogP contribution in [0.4, 0.5) is 0 Å². The monoisotopic (exact) mass is 258 g/mol. The molecule has 2 heterocycles. The predicted octanol–water partition coefficient (Wildman–Crippen LogP) is 0.980.